The molecule has 0 spiro atoms. The Morgan fingerprint density at radius 2 is 2.21 bits per heavy atom. The summed E-state index contributed by atoms with van der Waals surface area (Å²) in [5.74, 6) is 0.227. The van der Waals surface area contributed by atoms with Crippen LogP contribution in [-0.2, 0) is 10.0 Å². The zero-order valence-electron chi connectivity index (χ0n) is 10.6. The summed E-state index contributed by atoms with van der Waals surface area (Å²) in [7, 11) is -3.63. The lowest BCUT2D eigenvalue weighted by atomic mass is 10.1. The summed E-state index contributed by atoms with van der Waals surface area (Å²) in [5, 5.41) is 18.5. The normalized spacial score (nSPS) is 16.9. The molecule has 5 nitrogen and oxygen atoms in total. The first-order valence-corrected chi connectivity index (χ1v) is 7.61. The number of hydrogen-bond donors (Lipinski definition) is 2. The fraction of sp³-hybridized carbons (Fsp3) is 0.462. The molecule has 102 valence electrons. The van der Waals surface area contributed by atoms with Crippen molar-refractivity contribution in [3.05, 3.63) is 29.3 Å². The molecule has 1 aliphatic carbocycles. The Labute approximate surface area is 112 Å². The lowest BCUT2D eigenvalue weighted by molar-refractivity contribution is 0.155. The number of sulfonamides is 1. The molecule has 1 atom stereocenters. The Bertz CT molecular complexity index is 615. The van der Waals surface area contributed by atoms with Gasteiger partial charge in [-0.25, -0.2) is 13.1 Å². The molecule has 6 heteroatoms. The number of aliphatic hydroxyl groups excluding tert-OH is 1. The van der Waals surface area contributed by atoms with Crippen LogP contribution in [-0.4, -0.2) is 26.2 Å². The van der Waals surface area contributed by atoms with Gasteiger partial charge in [-0.1, -0.05) is 0 Å². The molecule has 0 bridgehead atoms. The standard InChI is InChI=1S/C13H16N2O3S/c1-9-6-12(5-4-11(9)7-14)19(17,18)15-8-13(16)10-2-3-10/h4-6,10,13,15-16H,2-3,8H2,1H3. The first-order valence-electron chi connectivity index (χ1n) is 6.12. The van der Waals surface area contributed by atoms with Gasteiger partial charge >= 0.3 is 0 Å². The van der Waals surface area contributed by atoms with Crippen molar-refractivity contribution in [1.29, 1.82) is 5.26 Å². The third kappa shape index (κ3) is 3.32. The number of nitrogens with zero attached hydrogens (tertiary/aromatic N) is 1. The minimum Gasteiger partial charge on any atom is -0.391 e. The number of nitriles is 1. The first kappa shape index (κ1) is 14.0. The number of aliphatic hydroxyl groups is 1. The molecular weight excluding hydrogens is 264 g/mol. The number of hydrogen-bond acceptors (Lipinski definition) is 4. The average molecular weight is 280 g/mol. The van der Waals surface area contributed by atoms with Crippen LogP contribution in [0.4, 0.5) is 0 Å². The number of benzene rings is 1. The highest BCUT2D eigenvalue weighted by Crippen LogP contribution is 2.32. The minimum absolute atomic E-state index is 0.0338. The SMILES string of the molecule is Cc1cc(S(=O)(=O)NCC(O)C2CC2)ccc1C#N. The van der Waals surface area contributed by atoms with Crippen LogP contribution in [0.25, 0.3) is 0 Å². The van der Waals surface area contributed by atoms with Gasteiger partial charge in [0.25, 0.3) is 0 Å². The molecule has 0 aliphatic heterocycles. The molecule has 19 heavy (non-hydrogen) atoms. The van der Waals surface area contributed by atoms with Crippen molar-refractivity contribution in [2.24, 2.45) is 5.92 Å². The highest BCUT2D eigenvalue weighted by molar-refractivity contribution is 7.89. The van der Waals surface area contributed by atoms with Crippen molar-refractivity contribution in [1.82, 2.24) is 4.72 Å². The monoisotopic (exact) mass is 280 g/mol. The molecule has 0 radical (unpaired) electrons. The van der Waals surface area contributed by atoms with Crippen LogP contribution in [0.1, 0.15) is 24.0 Å². The van der Waals surface area contributed by atoms with Gasteiger partial charge in [0.2, 0.25) is 10.0 Å². The second-order valence-corrected chi connectivity index (χ2v) is 6.61. The van der Waals surface area contributed by atoms with Crippen LogP contribution in [0.5, 0.6) is 0 Å². The minimum atomic E-state index is -3.63. The van der Waals surface area contributed by atoms with Gasteiger partial charge in [-0.15, -0.1) is 0 Å². The molecule has 2 N–H and O–H groups in total. The first-order chi connectivity index (χ1) is 8.94. The van der Waals surface area contributed by atoms with E-state index in [0.29, 0.717) is 11.1 Å². The van der Waals surface area contributed by atoms with Crippen LogP contribution < -0.4 is 4.72 Å². The van der Waals surface area contributed by atoms with E-state index in [2.05, 4.69) is 4.72 Å². The maximum atomic E-state index is 12.0. The molecule has 0 aromatic heterocycles. The quantitative estimate of drug-likeness (QED) is 0.839. The third-order valence-electron chi connectivity index (χ3n) is 3.28. The van der Waals surface area contributed by atoms with Crippen LogP contribution in [0.2, 0.25) is 0 Å². The number of aryl methyl sites for hydroxylation is 1. The fourth-order valence-electron chi connectivity index (χ4n) is 1.85. The molecule has 0 heterocycles. The smallest absolute Gasteiger partial charge is 0.240 e. The van der Waals surface area contributed by atoms with Crippen molar-refractivity contribution < 1.29 is 13.5 Å². The Morgan fingerprint density at radius 3 is 2.74 bits per heavy atom. The van der Waals surface area contributed by atoms with E-state index in [1.807, 2.05) is 6.07 Å². The van der Waals surface area contributed by atoms with E-state index in [0.717, 1.165) is 12.8 Å². The van der Waals surface area contributed by atoms with Crippen molar-refractivity contribution >= 4 is 10.0 Å². The van der Waals surface area contributed by atoms with Gasteiger partial charge in [-0.2, -0.15) is 5.26 Å². The molecule has 1 saturated carbocycles. The predicted molar refractivity (Wildman–Crippen MR) is 69.8 cm³/mol. The Kier molecular flexibility index (Phi) is 3.90. The van der Waals surface area contributed by atoms with E-state index >= 15 is 0 Å². The third-order valence-corrected chi connectivity index (χ3v) is 4.70. The Morgan fingerprint density at radius 1 is 1.53 bits per heavy atom. The van der Waals surface area contributed by atoms with Crippen LogP contribution in [0, 0.1) is 24.2 Å². The van der Waals surface area contributed by atoms with Crippen molar-refractivity contribution in [3.63, 3.8) is 0 Å². The molecule has 0 amide bonds. The summed E-state index contributed by atoms with van der Waals surface area (Å²) in [5.41, 5.74) is 1.07. The second-order valence-electron chi connectivity index (χ2n) is 4.85. The van der Waals surface area contributed by atoms with E-state index in [1.165, 1.54) is 18.2 Å². The fourth-order valence-corrected chi connectivity index (χ4v) is 2.99. The Hall–Kier alpha value is -1.42. The van der Waals surface area contributed by atoms with E-state index in [1.54, 1.807) is 6.92 Å². The average Bonchev–Trinajstić information content (AvgIpc) is 3.20. The predicted octanol–water partition coefficient (Wildman–Crippen LogP) is 0.916. The topological polar surface area (TPSA) is 90.2 Å². The van der Waals surface area contributed by atoms with Crippen LogP contribution in [0.3, 0.4) is 0 Å². The van der Waals surface area contributed by atoms with Gasteiger partial charge in [0.1, 0.15) is 0 Å². The van der Waals surface area contributed by atoms with Gasteiger partial charge in [-0.3, -0.25) is 0 Å². The van der Waals surface area contributed by atoms with E-state index < -0.39 is 16.1 Å². The van der Waals surface area contributed by atoms with Gasteiger partial charge in [0.05, 0.1) is 22.6 Å². The van der Waals surface area contributed by atoms with Gasteiger partial charge < -0.3 is 5.11 Å². The summed E-state index contributed by atoms with van der Waals surface area (Å²) in [4.78, 5) is 0.118. The lowest BCUT2D eigenvalue weighted by Crippen LogP contribution is -2.33. The molecular formula is C13H16N2O3S. The number of nitrogens with one attached hydrogen (secondary N) is 1. The molecule has 2 rings (SSSR count). The summed E-state index contributed by atoms with van der Waals surface area (Å²) < 4.78 is 26.5. The highest BCUT2D eigenvalue weighted by Gasteiger charge is 2.30. The van der Waals surface area contributed by atoms with E-state index in [4.69, 9.17) is 5.26 Å². The summed E-state index contributed by atoms with van der Waals surface area (Å²) >= 11 is 0. The molecule has 0 saturated heterocycles. The molecule has 1 aromatic rings. The van der Waals surface area contributed by atoms with E-state index in [-0.39, 0.29) is 17.4 Å². The summed E-state index contributed by atoms with van der Waals surface area (Å²) in [6.07, 6.45) is 1.30. The molecule has 1 aliphatic rings. The highest BCUT2D eigenvalue weighted by atomic mass is 32.2. The van der Waals surface area contributed by atoms with E-state index in [9.17, 15) is 13.5 Å². The maximum absolute atomic E-state index is 12.0. The van der Waals surface area contributed by atoms with Gasteiger partial charge in [0, 0.05) is 6.54 Å². The lowest BCUT2D eigenvalue weighted by Gasteiger charge is -2.11. The molecule has 1 unspecified atom stereocenters. The van der Waals surface area contributed by atoms with Gasteiger partial charge in [-0.05, 0) is 49.4 Å². The molecule has 1 aromatic carbocycles. The van der Waals surface area contributed by atoms with Crippen LogP contribution in [0.15, 0.2) is 23.1 Å². The van der Waals surface area contributed by atoms with Crippen molar-refractivity contribution in [2.45, 2.75) is 30.8 Å². The maximum Gasteiger partial charge on any atom is 0.240 e. The van der Waals surface area contributed by atoms with Gasteiger partial charge in [0.15, 0.2) is 0 Å². The van der Waals surface area contributed by atoms with Crippen LogP contribution >= 0.6 is 0 Å². The van der Waals surface area contributed by atoms with Crippen molar-refractivity contribution in [2.75, 3.05) is 6.54 Å². The molecule has 1 fully saturated rings. The summed E-state index contributed by atoms with van der Waals surface area (Å²) in [6.45, 7) is 1.72. The Balaban J connectivity index is 2.10. The summed E-state index contributed by atoms with van der Waals surface area (Å²) in [6, 6.07) is 6.34. The van der Waals surface area contributed by atoms with Crippen molar-refractivity contribution in [3.8, 4) is 6.07 Å². The zero-order valence-corrected chi connectivity index (χ0v) is 11.4. The number of rotatable bonds is 5. The second kappa shape index (κ2) is 5.29. The zero-order chi connectivity index (χ0) is 14.0. The largest absolute Gasteiger partial charge is 0.391 e.